The molecule has 2 aliphatic rings. The van der Waals surface area contributed by atoms with Crippen molar-refractivity contribution < 1.29 is 22.7 Å². The lowest BCUT2D eigenvalue weighted by molar-refractivity contribution is -0.137. The number of hydrogen-bond donors (Lipinski definition) is 0. The average molecular weight is 542 g/mol. The number of piperazine rings is 1. The van der Waals surface area contributed by atoms with Gasteiger partial charge >= 0.3 is 6.18 Å². The van der Waals surface area contributed by atoms with E-state index in [0.717, 1.165) is 29.1 Å². The summed E-state index contributed by atoms with van der Waals surface area (Å²) in [4.78, 5) is 27.6. The topological polar surface area (TPSA) is 87.6 Å². The van der Waals surface area contributed by atoms with Crippen LogP contribution in [0.4, 0.5) is 24.8 Å². The van der Waals surface area contributed by atoms with Crippen LogP contribution in [0.2, 0.25) is 0 Å². The molecule has 2 aliphatic heterocycles. The Balaban J connectivity index is 1.27. The number of hydrogen-bond acceptors (Lipinski definition) is 8. The van der Waals surface area contributed by atoms with Gasteiger partial charge in [0, 0.05) is 44.3 Å². The fourth-order valence-electron chi connectivity index (χ4n) is 4.98. The number of rotatable bonds is 4. The van der Waals surface area contributed by atoms with Crippen molar-refractivity contribution in [3.8, 4) is 11.3 Å². The first-order valence-electron chi connectivity index (χ1n) is 12.9. The van der Waals surface area contributed by atoms with E-state index in [1.165, 1.54) is 18.3 Å². The van der Waals surface area contributed by atoms with Gasteiger partial charge in [-0.2, -0.15) is 13.2 Å². The zero-order valence-electron chi connectivity index (χ0n) is 22.1. The van der Waals surface area contributed by atoms with E-state index >= 15 is 0 Å². The molecule has 4 heterocycles. The van der Waals surface area contributed by atoms with Gasteiger partial charge in [0.2, 0.25) is 0 Å². The van der Waals surface area contributed by atoms with Crippen molar-refractivity contribution in [3.63, 3.8) is 0 Å². The number of anilines is 2. The van der Waals surface area contributed by atoms with Crippen molar-refractivity contribution >= 4 is 17.5 Å². The molecule has 3 aromatic rings. The predicted molar refractivity (Wildman–Crippen MR) is 140 cm³/mol. The second kappa shape index (κ2) is 10.8. The number of amides is 1. The van der Waals surface area contributed by atoms with E-state index in [2.05, 4.69) is 36.9 Å². The highest BCUT2D eigenvalue weighted by Crippen LogP contribution is 2.33. The summed E-state index contributed by atoms with van der Waals surface area (Å²) in [5.74, 6) is 1.32. The second-order valence-corrected chi connectivity index (χ2v) is 9.85. The average Bonchev–Trinajstić information content (AvgIpc) is 2.94. The number of aromatic nitrogens is 4. The summed E-state index contributed by atoms with van der Waals surface area (Å²) < 4.78 is 44.2. The molecule has 0 bridgehead atoms. The van der Waals surface area contributed by atoms with Crippen LogP contribution in [0.3, 0.4) is 0 Å². The van der Waals surface area contributed by atoms with Crippen molar-refractivity contribution in [2.45, 2.75) is 33.0 Å². The van der Waals surface area contributed by atoms with E-state index in [1.54, 1.807) is 11.1 Å². The Morgan fingerprint density at radius 3 is 2.28 bits per heavy atom. The van der Waals surface area contributed by atoms with Crippen LogP contribution in [0, 0.1) is 13.8 Å². The number of halogens is 3. The predicted octanol–water partition coefficient (Wildman–Crippen LogP) is 3.76. The molecular formula is C27H30F3N7O2. The summed E-state index contributed by atoms with van der Waals surface area (Å²) in [6.45, 7) is 10.1. The molecule has 0 saturated carbocycles. The standard InChI is InChI=1S/C27H30F3N7O2/c1-17-16-36(8-9-37(17)23-15-31-22(14-32-23)26(38)35-10-12-39-13-11-35)25-19(3)18(2)24(33-34-25)20-4-6-21(7-5-20)27(28,29)30/h4-7,14-15,17H,8-13,16H2,1-3H3/t17-/m1/s1. The van der Waals surface area contributed by atoms with Crippen LogP contribution >= 0.6 is 0 Å². The zero-order valence-corrected chi connectivity index (χ0v) is 22.1. The molecule has 2 aromatic heterocycles. The highest BCUT2D eigenvalue weighted by atomic mass is 19.4. The summed E-state index contributed by atoms with van der Waals surface area (Å²) in [5.41, 5.74) is 2.60. The van der Waals surface area contributed by atoms with Gasteiger partial charge < -0.3 is 19.4 Å². The first kappa shape index (κ1) is 26.8. The molecule has 0 N–H and O–H groups in total. The van der Waals surface area contributed by atoms with Gasteiger partial charge in [0.25, 0.3) is 5.91 Å². The summed E-state index contributed by atoms with van der Waals surface area (Å²) in [6, 6.07) is 5.08. The number of nitrogens with zero attached hydrogens (tertiary/aromatic N) is 7. The first-order valence-corrected chi connectivity index (χ1v) is 12.9. The molecule has 2 fully saturated rings. The van der Waals surface area contributed by atoms with Crippen molar-refractivity contribution in [3.05, 3.63) is 59.0 Å². The molecule has 0 radical (unpaired) electrons. The maximum atomic E-state index is 12.9. The molecule has 5 rings (SSSR count). The van der Waals surface area contributed by atoms with Gasteiger partial charge in [-0.15, -0.1) is 10.2 Å². The highest BCUT2D eigenvalue weighted by Gasteiger charge is 2.31. The Bertz CT molecular complexity index is 1330. The molecular weight excluding hydrogens is 511 g/mol. The smallest absolute Gasteiger partial charge is 0.378 e. The monoisotopic (exact) mass is 541 g/mol. The fourth-order valence-corrected chi connectivity index (χ4v) is 4.98. The van der Waals surface area contributed by atoms with Crippen LogP contribution < -0.4 is 9.80 Å². The third-order valence-corrected chi connectivity index (χ3v) is 7.36. The third-order valence-electron chi connectivity index (χ3n) is 7.36. The van der Waals surface area contributed by atoms with Gasteiger partial charge in [-0.1, -0.05) is 12.1 Å². The Morgan fingerprint density at radius 1 is 0.949 bits per heavy atom. The number of alkyl halides is 3. The maximum absolute atomic E-state index is 12.9. The minimum Gasteiger partial charge on any atom is -0.378 e. The van der Waals surface area contributed by atoms with Crippen molar-refractivity contribution in [1.82, 2.24) is 25.1 Å². The number of morpholine rings is 1. The summed E-state index contributed by atoms with van der Waals surface area (Å²) >= 11 is 0. The molecule has 9 nitrogen and oxygen atoms in total. The summed E-state index contributed by atoms with van der Waals surface area (Å²) in [6.07, 6.45) is -1.20. The van der Waals surface area contributed by atoms with Crippen LogP contribution in [0.5, 0.6) is 0 Å². The number of ether oxygens (including phenoxy) is 1. The normalized spacial score (nSPS) is 18.4. The molecule has 206 valence electrons. The fraction of sp³-hybridized carbons (Fsp3) is 0.444. The van der Waals surface area contributed by atoms with Gasteiger partial charge in [-0.05, 0) is 44.0 Å². The van der Waals surface area contributed by atoms with Crippen LogP contribution in [-0.4, -0.2) is 83.0 Å². The van der Waals surface area contributed by atoms with E-state index in [-0.39, 0.29) is 11.9 Å². The summed E-state index contributed by atoms with van der Waals surface area (Å²) in [5, 5.41) is 8.86. The first-order chi connectivity index (χ1) is 18.6. The minimum absolute atomic E-state index is 0.0879. The van der Waals surface area contributed by atoms with Crippen LogP contribution in [-0.2, 0) is 10.9 Å². The molecule has 1 aromatic carbocycles. The summed E-state index contributed by atoms with van der Waals surface area (Å²) in [7, 11) is 0. The molecule has 0 aliphatic carbocycles. The van der Waals surface area contributed by atoms with Crippen LogP contribution in [0.25, 0.3) is 11.3 Å². The highest BCUT2D eigenvalue weighted by molar-refractivity contribution is 5.92. The lowest BCUT2D eigenvalue weighted by atomic mass is 10.0. The molecule has 39 heavy (non-hydrogen) atoms. The van der Waals surface area contributed by atoms with Gasteiger partial charge in [0.05, 0.1) is 36.9 Å². The van der Waals surface area contributed by atoms with Gasteiger partial charge in [0.15, 0.2) is 5.82 Å². The second-order valence-electron chi connectivity index (χ2n) is 9.85. The number of carbonyl (C=O) groups excluding carboxylic acids is 1. The Labute approximate surface area is 224 Å². The van der Waals surface area contributed by atoms with Crippen LogP contribution in [0.1, 0.15) is 34.1 Å². The Hall–Kier alpha value is -3.80. The third kappa shape index (κ3) is 5.51. The maximum Gasteiger partial charge on any atom is 0.416 e. The van der Waals surface area contributed by atoms with E-state index in [9.17, 15) is 18.0 Å². The molecule has 1 atom stereocenters. The van der Waals surface area contributed by atoms with Crippen molar-refractivity contribution in [1.29, 1.82) is 0 Å². The quantitative estimate of drug-likeness (QED) is 0.494. The molecule has 1 amide bonds. The lowest BCUT2D eigenvalue weighted by Gasteiger charge is -2.41. The van der Waals surface area contributed by atoms with E-state index in [4.69, 9.17) is 4.74 Å². The van der Waals surface area contributed by atoms with Crippen LogP contribution in [0.15, 0.2) is 36.7 Å². The van der Waals surface area contributed by atoms with Crippen molar-refractivity contribution in [2.24, 2.45) is 0 Å². The minimum atomic E-state index is -4.38. The Kier molecular flexibility index (Phi) is 7.39. The van der Waals surface area contributed by atoms with Crippen molar-refractivity contribution in [2.75, 3.05) is 55.7 Å². The lowest BCUT2D eigenvalue weighted by Crippen LogP contribution is -2.53. The molecule has 0 unspecified atom stereocenters. The zero-order chi connectivity index (χ0) is 27.7. The largest absolute Gasteiger partial charge is 0.416 e. The molecule has 0 spiro atoms. The van der Waals surface area contributed by atoms with E-state index < -0.39 is 11.7 Å². The number of carbonyl (C=O) groups is 1. The van der Waals surface area contributed by atoms with E-state index in [0.29, 0.717) is 68.7 Å². The van der Waals surface area contributed by atoms with Gasteiger partial charge in [-0.3, -0.25) is 4.79 Å². The van der Waals surface area contributed by atoms with E-state index in [1.807, 2.05) is 13.8 Å². The molecule has 2 saturated heterocycles. The van der Waals surface area contributed by atoms with Gasteiger partial charge in [0.1, 0.15) is 11.5 Å². The van der Waals surface area contributed by atoms with Gasteiger partial charge in [-0.25, -0.2) is 9.97 Å². The Morgan fingerprint density at radius 2 is 1.67 bits per heavy atom. The number of benzene rings is 1. The molecule has 12 heteroatoms. The SMILES string of the molecule is Cc1c(-c2ccc(C(F)(F)F)cc2)nnc(N2CCN(c3cnc(C(=O)N4CCOCC4)cn3)[C@H](C)C2)c1C.